The molecule has 1 aromatic heterocycles. The van der Waals surface area contributed by atoms with Crippen LogP contribution in [0.2, 0.25) is 0 Å². The number of fused-ring (bicyclic) bond motifs is 1. The number of H-pyrrole nitrogens is 1. The van der Waals surface area contributed by atoms with Crippen molar-refractivity contribution in [1.82, 2.24) is 20.1 Å². The maximum Gasteiger partial charge on any atom is 0.344 e. The van der Waals surface area contributed by atoms with Crippen LogP contribution in [0, 0.1) is 0 Å². The van der Waals surface area contributed by atoms with Gasteiger partial charge in [0.2, 0.25) is 5.95 Å². The van der Waals surface area contributed by atoms with Crippen LogP contribution < -0.4 is 15.9 Å². The first-order chi connectivity index (χ1) is 6.74. The number of nitrogens with one attached hydrogen (secondary N) is 2. The number of thiocarbonyl (C=S) groups is 1. The molecule has 0 atom stereocenters. The number of nitrogens with zero attached hydrogens (tertiary/aromatic N) is 3. The molecular formula is C7H11N5OS. The molecule has 0 fully saturated rings. The second-order valence-corrected chi connectivity index (χ2v) is 3.43. The largest absolute Gasteiger partial charge is 0.365 e. The van der Waals surface area contributed by atoms with Crippen molar-refractivity contribution in [3.8, 4) is 0 Å². The van der Waals surface area contributed by atoms with Gasteiger partial charge in [0, 0.05) is 20.1 Å². The van der Waals surface area contributed by atoms with E-state index in [9.17, 15) is 4.79 Å². The van der Waals surface area contributed by atoms with Crippen LogP contribution in [-0.4, -0.2) is 33.5 Å². The first-order valence-corrected chi connectivity index (χ1v) is 4.79. The van der Waals surface area contributed by atoms with Gasteiger partial charge in [0.05, 0.1) is 0 Å². The molecule has 2 rings (SSSR count). The number of hydrogen-bond donors (Lipinski definition) is 2. The first kappa shape index (κ1) is 9.20. The number of aromatic amines is 1. The second kappa shape index (κ2) is 3.41. The van der Waals surface area contributed by atoms with Crippen molar-refractivity contribution < 1.29 is 0 Å². The summed E-state index contributed by atoms with van der Waals surface area (Å²) in [5, 5.41) is 9.81. The van der Waals surface area contributed by atoms with Crippen molar-refractivity contribution >= 4 is 23.3 Å². The van der Waals surface area contributed by atoms with Gasteiger partial charge in [-0.15, -0.1) is 5.10 Å². The molecule has 6 nitrogen and oxygen atoms in total. The highest BCUT2D eigenvalue weighted by Crippen LogP contribution is 2.14. The van der Waals surface area contributed by atoms with Crippen LogP contribution >= 0.6 is 12.2 Å². The van der Waals surface area contributed by atoms with E-state index in [0.29, 0.717) is 17.6 Å². The molecule has 2 N–H and O–H groups in total. The molecule has 0 bridgehead atoms. The molecule has 0 spiro atoms. The predicted octanol–water partition coefficient (Wildman–Crippen LogP) is -0.714. The lowest BCUT2D eigenvalue weighted by molar-refractivity contribution is 0.582. The molecule has 0 amide bonds. The fourth-order valence-electron chi connectivity index (χ4n) is 1.53. The third kappa shape index (κ3) is 1.29. The number of hydrogen-bond acceptors (Lipinski definition) is 3. The fourth-order valence-corrected chi connectivity index (χ4v) is 1.70. The number of rotatable bonds is 0. The molecule has 76 valence electrons. The summed E-state index contributed by atoms with van der Waals surface area (Å²) in [6.07, 6.45) is 0.897. The monoisotopic (exact) mass is 213 g/mol. The normalized spacial score (nSPS) is 15.1. The quantitative estimate of drug-likeness (QED) is 0.557. The fraction of sp³-hybridized carbons (Fsp3) is 0.571. The molecule has 1 aromatic rings. The van der Waals surface area contributed by atoms with Gasteiger partial charge in [0.15, 0.2) is 5.11 Å². The molecule has 1 aliphatic rings. The minimum absolute atomic E-state index is 0.177. The summed E-state index contributed by atoms with van der Waals surface area (Å²) in [5.41, 5.74) is -0.177. The lowest BCUT2D eigenvalue weighted by Gasteiger charge is -2.27. The van der Waals surface area contributed by atoms with Gasteiger partial charge in [0.25, 0.3) is 0 Å². The molecular weight excluding hydrogens is 202 g/mol. The van der Waals surface area contributed by atoms with Gasteiger partial charge < -0.3 is 5.32 Å². The molecule has 2 heterocycles. The van der Waals surface area contributed by atoms with Crippen LogP contribution in [0.15, 0.2) is 4.79 Å². The maximum atomic E-state index is 11.3. The zero-order valence-electron chi connectivity index (χ0n) is 7.78. The van der Waals surface area contributed by atoms with Crippen LogP contribution in [0.25, 0.3) is 0 Å². The Morgan fingerprint density at radius 2 is 2.43 bits per heavy atom. The average Bonchev–Trinajstić information content (AvgIpc) is 2.59. The summed E-state index contributed by atoms with van der Waals surface area (Å²) >= 11 is 5.11. The third-order valence-electron chi connectivity index (χ3n) is 2.20. The second-order valence-electron chi connectivity index (χ2n) is 3.04. The minimum Gasteiger partial charge on any atom is -0.365 e. The third-order valence-corrected chi connectivity index (χ3v) is 2.63. The highest BCUT2D eigenvalue weighted by molar-refractivity contribution is 7.80. The van der Waals surface area contributed by atoms with Crippen LogP contribution in [0.3, 0.4) is 0 Å². The summed E-state index contributed by atoms with van der Waals surface area (Å²) in [6, 6.07) is 0. The van der Waals surface area contributed by atoms with Crippen molar-refractivity contribution in [3.63, 3.8) is 0 Å². The van der Waals surface area contributed by atoms with Gasteiger partial charge in [-0.1, -0.05) is 0 Å². The topological polar surface area (TPSA) is 66.0 Å². The first-order valence-electron chi connectivity index (χ1n) is 4.38. The Hall–Kier alpha value is -1.37. The van der Waals surface area contributed by atoms with Crippen molar-refractivity contribution in [2.45, 2.75) is 13.0 Å². The Morgan fingerprint density at radius 1 is 1.64 bits per heavy atom. The molecule has 0 unspecified atom stereocenters. The number of anilines is 1. The highest BCUT2D eigenvalue weighted by Gasteiger charge is 2.22. The molecule has 0 saturated carbocycles. The van der Waals surface area contributed by atoms with Crippen LogP contribution in [-0.2, 0) is 6.54 Å². The smallest absolute Gasteiger partial charge is 0.344 e. The van der Waals surface area contributed by atoms with Gasteiger partial charge in [0.1, 0.15) is 0 Å². The summed E-state index contributed by atoms with van der Waals surface area (Å²) < 4.78 is 1.59. The van der Waals surface area contributed by atoms with Gasteiger partial charge in [-0.25, -0.2) is 9.89 Å². The van der Waals surface area contributed by atoms with Crippen molar-refractivity contribution in [3.05, 3.63) is 10.5 Å². The van der Waals surface area contributed by atoms with Crippen molar-refractivity contribution in [1.29, 1.82) is 0 Å². The highest BCUT2D eigenvalue weighted by atomic mass is 32.1. The van der Waals surface area contributed by atoms with E-state index in [2.05, 4.69) is 15.5 Å². The zero-order valence-corrected chi connectivity index (χ0v) is 8.60. The van der Waals surface area contributed by atoms with E-state index >= 15 is 0 Å². The molecule has 0 radical (unpaired) electrons. The summed E-state index contributed by atoms with van der Waals surface area (Å²) in [6.45, 7) is 1.50. The zero-order chi connectivity index (χ0) is 10.1. The van der Waals surface area contributed by atoms with Crippen LogP contribution in [0.1, 0.15) is 6.42 Å². The van der Waals surface area contributed by atoms with Gasteiger partial charge in [-0.3, -0.25) is 9.47 Å². The Labute approximate surface area is 85.9 Å². The van der Waals surface area contributed by atoms with Gasteiger partial charge in [-0.05, 0) is 18.6 Å². The van der Waals surface area contributed by atoms with Crippen molar-refractivity contribution in [2.24, 2.45) is 0 Å². The molecule has 7 heteroatoms. The van der Waals surface area contributed by atoms with E-state index < -0.39 is 0 Å². The van der Waals surface area contributed by atoms with Gasteiger partial charge in [-0.2, -0.15) is 0 Å². The Bertz CT molecular complexity index is 408. The Balaban J connectivity index is 2.41. The summed E-state index contributed by atoms with van der Waals surface area (Å²) in [7, 11) is 1.76. The lowest BCUT2D eigenvalue weighted by atomic mass is 10.3. The molecule has 0 aliphatic carbocycles. The van der Waals surface area contributed by atoms with E-state index in [-0.39, 0.29) is 5.69 Å². The van der Waals surface area contributed by atoms with E-state index in [0.717, 1.165) is 13.0 Å². The van der Waals surface area contributed by atoms with E-state index in [1.165, 1.54) is 0 Å². The Kier molecular flexibility index (Phi) is 2.24. The standard InChI is InChI=1S/C7H11N5OS/c1-8-7(14)12-4-2-3-11-5(12)9-10-6(11)13/h2-4H2,1H3,(H,8,14)(H,10,13). The van der Waals surface area contributed by atoms with Crippen molar-refractivity contribution in [2.75, 3.05) is 18.5 Å². The number of aromatic nitrogens is 3. The Morgan fingerprint density at radius 3 is 3.14 bits per heavy atom. The van der Waals surface area contributed by atoms with E-state index in [1.807, 2.05) is 4.90 Å². The molecule has 0 aromatic carbocycles. The van der Waals surface area contributed by atoms with Gasteiger partial charge >= 0.3 is 5.69 Å². The summed E-state index contributed by atoms with van der Waals surface area (Å²) in [5.74, 6) is 0.598. The van der Waals surface area contributed by atoms with Crippen LogP contribution in [0.4, 0.5) is 5.95 Å². The summed E-state index contributed by atoms with van der Waals surface area (Å²) in [4.78, 5) is 13.1. The molecule has 14 heavy (non-hydrogen) atoms. The SMILES string of the molecule is CNC(=S)N1CCCn2c1n[nH]c2=O. The average molecular weight is 213 g/mol. The molecule has 0 saturated heterocycles. The van der Waals surface area contributed by atoms with Crippen LogP contribution in [0.5, 0.6) is 0 Å². The maximum absolute atomic E-state index is 11.3. The van der Waals surface area contributed by atoms with E-state index in [4.69, 9.17) is 12.2 Å². The van der Waals surface area contributed by atoms with E-state index in [1.54, 1.807) is 11.6 Å². The minimum atomic E-state index is -0.177. The predicted molar refractivity (Wildman–Crippen MR) is 56.5 cm³/mol. The molecule has 1 aliphatic heterocycles. The lowest BCUT2D eigenvalue weighted by Crippen LogP contribution is -2.43.